The number of amides is 4. The van der Waals surface area contributed by atoms with E-state index in [1.165, 1.54) is 26.4 Å². The van der Waals surface area contributed by atoms with Crippen LogP contribution in [0.3, 0.4) is 0 Å². The number of likely N-dealkylation sites (tertiary alicyclic amines) is 2. The maximum atomic E-state index is 16.6. The van der Waals surface area contributed by atoms with Gasteiger partial charge in [-0.15, -0.1) is 0 Å². The first-order valence-electron chi connectivity index (χ1n) is 22.1. The number of alkyl carbamates (subject to hydrolysis) is 1. The molecule has 340 valence electrons. The second kappa shape index (κ2) is 16.7. The Balaban J connectivity index is 0.891. The Hall–Kier alpha value is -7.14. The molecule has 2 aromatic heterocycles. The predicted octanol–water partition coefficient (Wildman–Crippen LogP) is 8.22. The van der Waals surface area contributed by atoms with Crippen LogP contribution in [0.4, 0.5) is 18.4 Å². The lowest BCUT2D eigenvalue weighted by molar-refractivity contribution is -0.138. The van der Waals surface area contributed by atoms with E-state index < -0.39 is 42.3 Å². The fourth-order valence-corrected chi connectivity index (χ4v) is 10.6. The smallest absolute Gasteiger partial charge is 0.407 e. The number of hydrogen-bond donors (Lipinski definition) is 5. The van der Waals surface area contributed by atoms with Crippen LogP contribution in [-0.4, -0.2) is 97.8 Å². The molecule has 0 unspecified atom stereocenters. The summed E-state index contributed by atoms with van der Waals surface area (Å²) in [5.74, 6) is -2.73. The van der Waals surface area contributed by atoms with E-state index in [0.717, 1.165) is 19.3 Å². The highest BCUT2D eigenvalue weighted by atomic mass is 19.3. The summed E-state index contributed by atoms with van der Waals surface area (Å²) >= 11 is 0. The molecule has 66 heavy (non-hydrogen) atoms. The summed E-state index contributed by atoms with van der Waals surface area (Å²) in [6.45, 7) is 2.12. The molecule has 1 saturated carbocycles. The number of aromatic nitrogens is 4. The number of nitrogens with one attached hydrogen (secondary N) is 4. The van der Waals surface area contributed by atoms with E-state index >= 15 is 8.78 Å². The number of rotatable bonds is 11. The van der Waals surface area contributed by atoms with Gasteiger partial charge in [-0.3, -0.25) is 9.59 Å². The zero-order valence-corrected chi connectivity index (χ0v) is 36.4. The van der Waals surface area contributed by atoms with Crippen LogP contribution in [-0.2, 0) is 25.0 Å². The largest absolute Gasteiger partial charge is 0.465 e. The van der Waals surface area contributed by atoms with Gasteiger partial charge in [0.05, 0.1) is 48.2 Å². The van der Waals surface area contributed by atoms with Crippen LogP contribution in [0.15, 0.2) is 91.1 Å². The number of benzene rings is 4. The highest BCUT2D eigenvalue weighted by Gasteiger charge is 2.52. The number of carboxylic acid groups (broad SMARTS) is 1. The van der Waals surface area contributed by atoms with Gasteiger partial charge in [0, 0.05) is 36.4 Å². The molecule has 2 bridgehead atoms. The molecule has 4 aliphatic rings. The van der Waals surface area contributed by atoms with Gasteiger partial charge in [0.25, 0.3) is 11.8 Å². The van der Waals surface area contributed by atoms with E-state index in [2.05, 4.69) is 25.6 Å². The van der Waals surface area contributed by atoms with Crippen molar-refractivity contribution in [2.45, 2.75) is 81.3 Å². The average molecular weight is 899 g/mol. The molecule has 0 spiro atoms. The summed E-state index contributed by atoms with van der Waals surface area (Å²) in [4.78, 5) is 71.6. The van der Waals surface area contributed by atoms with E-state index in [4.69, 9.17) is 14.5 Å². The standard InChI is InChI=1S/C49H48F2N8O7/c1-25(65-2)40(57-48(64)66-3)45(60)58-19-7-10-39(58)43-52-24-38(55-43)29-13-17-33-32-16-12-27(21-34(32)49(50,51)35(33)22-29)28-14-18-36-37(23-28)54-44(53-36)42-30-11-15-31(20-30)59(42)46(61)41(56-47(62)63)26-8-5-4-6-9-26/h4-6,8-9,12-14,16-18,21-25,30-31,39-42,56H,7,10-11,15,19-20H2,1-3H3,(H,52,55)(H,53,54)(H,57,64)(H,62,63)/t25-,30-,31-,39+,40+,41-,42+/m1/s1. The SMILES string of the molecule is COC(=O)N[C@H](C(=O)N1CCC[C@H]1c1ncc(-c2ccc3c(c2)C(F)(F)c2cc(-c4ccc5nc([C@@H]6[C@@H]7CC[C@H](C7)N6C(=O)[C@H](NC(=O)O)c6ccccc6)[nH]c5c4)ccc2-3)[nH]1)[C@@H](C)OC. The number of aromatic amines is 2. The van der Waals surface area contributed by atoms with Crippen molar-refractivity contribution >= 4 is 35.0 Å². The molecule has 6 aromatic rings. The Morgan fingerprint density at radius 3 is 2.29 bits per heavy atom. The molecule has 4 heterocycles. The second-order valence-electron chi connectivity index (χ2n) is 17.6. The van der Waals surface area contributed by atoms with Gasteiger partial charge in [-0.25, -0.2) is 19.6 Å². The van der Waals surface area contributed by atoms with Crippen LogP contribution in [0.2, 0.25) is 0 Å². The lowest BCUT2D eigenvalue weighted by atomic mass is 9.96. The van der Waals surface area contributed by atoms with Crippen molar-refractivity contribution in [2.75, 3.05) is 20.8 Å². The van der Waals surface area contributed by atoms with E-state index in [9.17, 15) is 24.3 Å². The van der Waals surface area contributed by atoms with Crippen molar-refractivity contribution in [3.8, 4) is 33.5 Å². The molecule has 3 fully saturated rings. The summed E-state index contributed by atoms with van der Waals surface area (Å²) in [6, 6.07) is 21.5. The van der Waals surface area contributed by atoms with Crippen molar-refractivity contribution in [2.24, 2.45) is 5.92 Å². The number of imidazole rings is 2. The van der Waals surface area contributed by atoms with Crippen molar-refractivity contribution in [1.29, 1.82) is 0 Å². The number of carbonyl (C=O) groups is 4. The van der Waals surface area contributed by atoms with Gasteiger partial charge in [-0.1, -0.05) is 60.7 Å². The maximum absolute atomic E-state index is 16.6. The number of nitrogens with zero attached hydrogens (tertiary/aromatic N) is 4. The predicted molar refractivity (Wildman–Crippen MR) is 238 cm³/mol. The molecular formula is C49H48F2N8O7. The Morgan fingerprint density at radius 2 is 1.56 bits per heavy atom. The lowest BCUT2D eigenvalue weighted by Crippen LogP contribution is -2.54. The number of piperidine rings is 1. The van der Waals surface area contributed by atoms with Crippen LogP contribution < -0.4 is 10.6 Å². The van der Waals surface area contributed by atoms with Gasteiger partial charge in [0.15, 0.2) is 0 Å². The number of alkyl halides is 2. The van der Waals surface area contributed by atoms with Crippen LogP contribution in [0.5, 0.6) is 0 Å². The minimum atomic E-state index is -3.32. The molecule has 10 rings (SSSR count). The molecule has 5 N–H and O–H groups in total. The Morgan fingerprint density at radius 1 is 0.848 bits per heavy atom. The first-order chi connectivity index (χ1) is 31.8. The highest BCUT2D eigenvalue weighted by Crippen LogP contribution is 2.53. The summed E-state index contributed by atoms with van der Waals surface area (Å²) in [5, 5.41) is 14.7. The van der Waals surface area contributed by atoms with Crippen LogP contribution in [0.25, 0.3) is 44.5 Å². The quantitative estimate of drug-likeness (QED) is 0.0852. The minimum absolute atomic E-state index is 0.0497. The lowest BCUT2D eigenvalue weighted by Gasteiger charge is -2.36. The van der Waals surface area contributed by atoms with Gasteiger partial charge in [0.2, 0.25) is 5.91 Å². The summed E-state index contributed by atoms with van der Waals surface area (Å²) < 4.78 is 43.4. The van der Waals surface area contributed by atoms with Gasteiger partial charge in [-0.2, -0.15) is 8.78 Å². The van der Waals surface area contributed by atoms with Crippen LogP contribution >= 0.6 is 0 Å². The van der Waals surface area contributed by atoms with Crippen molar-refractivity contribution < 1.29 is 42.5 Å². The zero-order valence-electron chi connectivity index (χ0n) is 36.4. The second-order valence-corrected chi connectivity index (χ2v) is 17.6. The molecule has 4 aromatic carbocycles. The molecule has 2 aliphatic heterocycles. The van der Waals surface area contributed by atoms with Crippen molar-refractivity contribution in [3.63, 3.8) is 0 Å². The highest BCUT2D eigenvalue weighted by molar-refractivity contribution is 5.90. The van der Waals surface area contributed by atoms with Gasteiger partial charge < -0.3 is 45.0 Å². The van der Waals surface area contributed by atoms with E-state index in [1.54, 1.807) is 65.4 Å². The molecule has 2 aliphatic carbocycles. The fourth-order valence-electron chi connectivity index (χ4n) is 10.6. The third-order valence-corrected chi connectivity index (χ3v) is 13.9. The summed E-state index contributed by atoms with van der Waals surface area (Å²) in [5.41, 5.74) is 4.87. The molecule has 17 heteroatoms. The van der Waals surface area contributed by atoms with E-state index in [1.807, 2.05) is 30.3 Å². The molecular weight excluding hydrogens is 851 g/mol. The normalized spacial score (nSPS) is 21.6. The monoisotopic (exact) mass is 898 g/mol. The molecule has 7 atom stereocenters. The van der Waals surface area contributed by atoms with Crippen molar-refractivity contribution in [1.82, 2.24) is 40.4 Å². The van der Waals surface area contributed by atoms with Gasteiger partial charge >= 0.3 is 12.2 Å². The summed E-state index contributed by atoms with van der Waals surface area (Å²) in [6.07, 6.45) is 2.74. The first-order valence-corrected chi connectivity index (χ1v) is 22.1. The molecule has 2 saturated heterocycles. The number of ether oxygens (including phenoxy) is 2. The average Bonchev–Trinajstić information content (AvgIpc) is 4.21. The van der Waals surface area contributed by atoms with Gasteiger partial charge in [0.1, 0.15) is 23.7 Å². The zero-order chi connectivity index (χ0) is 46.0. The van der Waals surface area contributed by atoms with Gasteiger partial charge in [-0.05, 0) is 97.0 Å². The first kappa shape index (κ1) is 42.8. The van der Waals surface area contributed by atoms with Crippen molar-refractivity contribution in [3.05, 3.63) is 119 Å². The number of fused-ring (bicyclic) bond motifs is 6. The molecule has 0 radical (unpaired) electrons. The number of methoxy groups -OCH3 is 2. The molecule has 4 amide bonds. The maximum Gasteiger partial charge on any atom is 0.407 e. The van der Waals surface area contributed by atoms with Crippen LogP contribution in [0, 0.1) is 5.92 Å². The van der Waals surface area contributed by atoms with Crippen LogP contribution in [0.1, 0.15) is 85.5 Å². The Kier molecular flexibility index (Phi) is 10.8. The third-order valence-electron chi connectivity index (χ3n) is 13.9. The minimum Gasteiger partial charge on any atom is -0.465 e. The Bertz CT molecular complexity index is 2880. The van der Waals surface area contributed by atoms with E-state index in [-0.39, 0.29) is 40.9 Å². The number of halogens is 2. The number of H-pyrrole nitrogens is 2. The topological polar surface area (TPSA) is 195 Å². The Labute approximate surface area is 377 Å². The molecule has 15 nitrogen and oxygen atoms in total. The number of hydrogen-bond acceptors (Lipinski definition) is 8. The van der Waals surface area contributed by atoms with E-state index in [0.29, 0.717) is 81.1 Å². The fraction of sp³-hybridized carbons (Fsp3) is 0.347. The third kappa shape index (κ3) is 7.30. The number of carbonyl (C=O) groups excluding carboxylic acids is 3. The summed E-state index contributed by atoms with van der Waals surface area (Å²) in [7, 11) is 2.67.